The zero-order chi connectivity index (χ0) is 52.1. The van der Waals surface area contributed by atoms with Gasteiger partial charge in [-0.05, 0) is 124 Å². The van der Waals surface area contributed by atoms with Gasteiger partial charge in [0, 0.05) is 55.8 Å². The summed E-state index contributed by atoms with van der Waals surface area (Å²) >= 11 is 0. The first-order valence-electron chi connectivity index (χ1n) is 26.6. The number of hydrogen-bond acceptors (Lipinski definition) is 3. The van der Waals surface area contributed by atoms with Crippen LogP contribution in [0.3, 0.4) is 0 Å². The van der Waals surface area contributed by atoms with Gasteiger partial charge in [0.2, 0.25) is 0 Å². The first kappa shape index (κ1) is 35.3. The third-order valence-corrected chi connectivity index (χ3v) is 12.1. The van der Waals surface area contributed by atoms with E-state index in [4.69, 9.17) is 15.4 Å². The molecule has 1 radical (unpaired) electrons. The number of hydrogen-bond donors (Lipinski definition) is 0. The van der Waals surface area contributed by atoms with Crippen molar-refractivity contribution in [2.24, 2.45) is 10.8 Å². The molecule has 3 aromatic heterocycles. The van der Waals surface area contributed by atoms with E-state index in [1.54, 1.807) is 36.5 Å². The number of pyridine rings is 2. The van der Waals surface area contributed by atoms with Crippen LogP contribution < -0.4 is 0 Å². The van der Waals surface area contributed by atoms with E-state index in [1.807, 2.05) is 99.6 Å². The van der Waals surface area contributed by atoms with E-state index in [9.17, 15) is 1.37 Å². The standard InChI is InChI=1S/C45H40NO.C16H18N.Ir/c1-29-26-34(31-22-24-45(3,4)25-23-31)18-19-35(29)40-27-41(46-28-30(40)2)39-17-11-16-37-38-21-20-36(32-12-7-5-8-13-32)42(44(38)47-43(37)39)33-14-9-6-10-15-33;1-16(2,3)11-13-9-10-15(17-12-13)14-7-5-4-6-8-14;/h5-16,18-21,26-28,31H,22-25H2,1-4H3;4-7,9-10,12H,11H2,1-3H3;/q2*-1;/i1D3,2D3,31D;11D2;. The fraction of sp³-hybridized carbons (Fsp3) is 0.246. The Balaban J connectivity index is 0.000000307. The second kappa shape index (κ2) is 19.3. The Kier molecular flexibility index (Phi) is 10.5. The fourth-order valence-electron chi connectivity index (χ4n) is 8.69. The smallest absolute Gasteiger partial charge is 0.129 e. The summed E-state index contributed by atoms with van der Waals surface area (Å²) in [6, 6.07) is 52.7. The third-order valence-electron chi connectivity index (χ3n) is 12.1. The normalized spacial score (nSPS) is 17.0. The SMILES string of the molecule is [2H]C([2H])([2H])c1cnc(-c2[c-]ccc3c2oc2c(-c4ccccc4)c(-c4ccccc4)ccc23)cc1-c1ccc(C2([2H])CCC(C)(C)CC2)cc1C([2H])([2H])[2H].[2H]C([2H])(c1ccc(-c2[c-]cccc2)nc1)C(C)(C)C.[Ir]. The molecule has 0 N–H and O–H groups in total. The Bertz CT molecular complexity index is 3410. The minimum Gasteiger partial charge on any atom is -0.500 e. The number of fused-ring (bicyclic) bond motifs is 3. The summed E-state index contributed by atoms with van der Waals surface area (Å²) in [4.78, 5) is 9.01. The van der Waals surface area contributed by atoms with Crippen molar-refractivity contribution in [1.82, 2.24) is 9.97 Å². The average Bonchev–Trinajstić information content (AvgIpc) is 3.76. The molecule has 6 aromatic carbocycles. The minimum absolute atomic E-state index is 0. The van der Waals surface area contributed by atoms with Crippen molar-refractivity contribution >= 4 is 21.9 Å². The zero-order valence-electron chi connectivity index (χ0n) is 46.5. The van der Waals surface area contributed by atoms with Crippen molar-refractivity contribution in [3.63, 3.8) is 0 Å². The van der Waals surface area contributed by atoms with Gasteiger partial charge in [0.25, 0.3) is 0 Å². The zero-order valence-corrected chi connectivity index (χ0v) is 39.9. The van der Waals surface area contributed by atoms with Crippen LogP contribution in [0, 0.1) is 36.7 Å². The molecule has 1 aliphatic rings. The van der Waals surface area contributed by atoms with Gasteiger partial charge in [0.1, 0.15) is 5.58 Å². The number of aromatic nitrogens is 2. The summed E-state index contributed by atoms with van der Waals surface area (Å²) in [6.45, 7) is 4.94. The van der Waals surface area contributed by atoms with Crippen molar-refractivity contribution < 1.29 is 36.9 Å². The molecule has 0 atom stereocenters. The molecule has 1 fully saturated rings. The molecule has 4 heteroatoms. The van der Waals surface area contributed by atoms with E-state index in [0.717, 1.165) is 57.1 Å². The Morgan fingerprint density at radius 3 is 2.05 bits per heavy atom. The van der Waals surface area contributed by atoms with Crippen LogP contribution in [0.4, 0.5) is 0 Å². The van der Waals surface area contributed by atoms with E-state index in [2.05, 4.69) is 72.3 Å². The molecular formula is C61H58IrN2O-2. The molecule has 1 saturated carbocycles. The molecule has 0 unspecified atom stereocenters. The van der Waals surface area contributed by atoms with Crippen molar-refractivity contribution in [1.29, 1.82) is 0 Å². The van der Waals surface area contributed by atoms with Crippen LogP contribution in [-0.2, 0) is 26.5 Å². The Morgan fingerprint density at radius 1 is 0.677 bits per heavy atom. The molecule has 1 aliphatic carbocycles. The number of nitrogens with zero attached hydrogens (tertiary/aromatic N) is 2. The van der Waals surface area contributed by atoms with Gasteiger partial charge in [-0.15, -0.1) is 54.1 Å². The molecule has 65 heavy (non-hydrogen) atoms. The van der Waals surface area contributed by atoms with Crippen LogP contribution in [0.5, 0.6) is 0 Å². The number of benzene rings is 6. The fourth-order valence-corrected chi connectivity index (χ4v) is 8.69. The Hall–Kier alpha value is -5.93. The van der Waals surface area contributed by atoms with Gasteiger partial charge in [-0.25, -0.2) is 0 Å². The molecule has 329 valence electrons. The molecule has 0 bridgehead atoms. The van der Waals surface area contributed by atoms with Crippen molar-refractivity contribution in [2.45, 2.75) is 86.3 Å². The maximum atomic E-state index is 9.36. The first-order valence-corrected chi connectivity index (χ1v) is 22.1. The van der Waals surface area contributed by atoms with Gasteiger partial charge >= 0.3 is 0 Å². The van der Waals surface area contributed by atoms with Gasteiger partial charge in [0.15, 0.2) is 0 Å². The summed E-state index contributed by atoms with van der Waals surface area (Å²) in [5.74, 6) is -0.921. The molecule has 0 amide bonds. The summed E-state index contributed by atoms with van der Waals surface area (Å²) < 4.78 is 83.6. The molecule has 10 rings (SSSR count). The number of furan rings is 1. The van der Waals surface area contributed by atoms with Crippen LogP contribution in [0.2, 0.25) is 0 Å². The second-order valence-electron chi connectivity index (χ2n) is 18.5. The largest absolute Gasteiger partial charge is 0.500 e. The van der Waals surface area contributed by atoms with Crippen LogP contribution in [0.15, 0.2) is 162 Å². The quantitative estimate of drug-likeness (QED) is 0.149. The number of rotatable bonds is 7. The second-order valence-corrected chi connectivity index (χ2v) is 18.5. The van der Waals surface area contributed by atoms with Crippen molar-refractivity contribution in [2.75, 3.05) is 0 Å². The van der Waals surface area contributed by atoms with Crippen LogP contribution >= 0.6 is 0 Å². The van der Waals surface area contributed by atoms with Gasteiger partial charge in [-0.1, -0.05) is 155 Å². The van der Waals surface area contributed by atoms with Crippen LogP contribution in [-0.4, -0.2) is 9.97 Å². The average molecular weight is 1040 g/mol. The van der Waals surface area contributed by atoms with Gasteiger partial charge in [-0.3, -0.25) is 0 Å². The Morgan fingerprint density at radius 2 is 1.37 bits per heavy atom. The van der Waals surface area contributed by atoms with Crippen LogP contribution in [0.25, 0.3) is 77.8 Å². The predicted octanol–water partition coefficient (Wildman–Crippen LogP) is 16.9. The van der Waals surface area contributed by atoms with E-state index in [0.29, 0.717) is 46.4 Å². The van der Waals surface area contributed by atoms with Gasteiger partial charge in [-0.2, -0.15) is 0 Å². The van der Waals surface area contributed by atoms with E-state index in [-0.39, 0.29) is 47.8 Å². The monoisotopic (exact) mass is 1040 g/mol. The Labute approximate surface area is 412 Å². The maximum Gasteiger partial charge on any atom is 0.129 e. The molecule has 3 heterocycles. The molecule has 0 spiro atoms. The van der Waals surface area contributed by atoms with Crippen molar-refractivity contribution in [3.05, 3.63) is 192 Å². The summed E-state index contributed by atoms with van der Waals surface area (Å²) in [5, 5.41) is 1.76. The van der Waals surface area contributed by atoms with E-state index in [1.165, 1.54) is 6.20 Å². The van der Waals surface area contributed by atoms with Crippen molar-refractivity contribution in [3.8, 4) is 55.9 Å². The summed E-state index contributed by atoms with van der Waals surface area (Å²) in [7, 11) is 0. The molecule has 0 aliphatic heterocycles. The molecule has 9 aromatic rings. The number of aryl methyl sites for hydroxylation is 2. The van der Waals surface area contributed by atoms with Crippen LogP contribution in [0.1, 0.15) is 101 Å². The summed E-state index contributed by atoms with van der Waals surface area (Å²) in [6.07, 6.45) is 4.51. The predicted molar refractivity (Wildman–Crippen MR) is 268 cm³/mol. The molecular weight excluding hydrogens is 969 g/mol. The minimum atomic E-state index is -2.58. The third kappa shape index (κ3) is 10.2. The maximum absolute atomic E-state index is 9.36. The van der Waals surface area contributed by atoms with E-state index >= 15 is 0 Å². The van der Waals surface area contributed by atoms with E-state index < -0.39 is 31.4 Å². The van der Waals surface area contributed by atoms with Gasteiger partial charge in [0.05, 0.1) is 5.58 Å². The molecule has 3 nitrogen and oxygen atoms in total. The molecule has 0 saturated heterocycles. The summed E-state index contributed by atoms with van der Waals surface area (Å²) in [5.41, 5.74) is 9.35. The first-order chi connectivity index (χ1) is 34.5. The van der Waals surface area contributed by atoms with Gasteiger partial charge < -0.3 is 14.4 Å². The topological polar surface area (TPSA) is 38.9 Å².